The van der Waals surface area contributed by atoms with Crippen LogP contribution in [0.5, 0.6) is 0 Å². The first-order chi connectivity index (χ1) is 7.76. The molecule has 0 aliphatic heterocycles. The molecule has 1 saturated carbocycles. The molecular weight excluding hydrogens is 220 g/mol. The van der Waals surface area contributed by atoms with Crippen molar-refractivity contribution >= 4 is 17.7 Å². The molecule has 2 atom stereocenters. The second-order valence-corrected chi connectivity index (χ2v) is 5.94. The van der Waals surface area contributed by atoms with Gasteiger partial charge < -0.3 is 10.6 Å². The quantitative estimate of drug-likeness (QED) is 0.748. The lowest BCUT2D eigenvalue weighted by Crippen LogP contribution is -2.39. The minimum Gasteiger partial charge on any atom is -0.353 e. The zero-order chi connectivity index (χ0) is 11.8. The van der Waals surface area contributed by atoms with Crippen LogP contribution in [-0.2, 0) is 4.79 Å². The van der Waals surface area contributed by atoms with E-state index in [4.69, 9.17) is 0 Å². The van der Waals surface area contributed by atoms with Gasteiger partial charge in [0.2, 0.25) is 5.91 Å². The first kappa shape index (κ1) is 13.8. The summed E-state index contributed by atoms with van der Waals surface area (Å²) in [4.78, 5) is 11.6. The van der Waals surface area contributed by atoms with Gasteiger partial charge in [-0.05, 0) is 32.1 Å². The number of carbonyl (C=O) groups excluding carboxylic acids is 1. The first-order valence-corrected chi connectivity index (χ1v) is 7.36. The molecule has 1 aliphatic carbocycles. The fourth-order valence-electron chi connectivity index (χ4n) is 2.20. The van der Waals surface area contributed by atoms with Crippen molar-refractivity contribution in [1.82, 2.24) is 10.6 Å². The molecule has 0 aromatic heterocycles. The van der Waals surface area contributed by atoms with E-state index in [0.29, 0.717) is 12.5 Å². The Morgan fingerprint density at radius 2 is 2.25 bits per heavy atom. The van der Waals surface area contributed by atoms with Gasteiger partial charge in [0.25, 0.3) is 0 Å². The van der Waals surface area contributed by atoms with Crippen LogP contribution in [0.2, 0.25) is 0 Å². The van der Waals surface area contributed by atoms with Crippen LogP contribution in [0.3, 0.4) is 0 Å². The summed E-state index contributed by atoms with van der Waals surface area (Å²) in [6.45, 7) is 2.98. The summed E-state index contributed by atoms with van der Waals surface area (Å²) in [7, 11) is 1.88. The summed E-state index contributed by atoms with van der Waals surface area (Å²) in [5, 5.41) is 6.91. The summed E-state index contributed by atoms with van der Waals surface area (Å²) in [6.07, 6.45) is 5.49. The fraction of sp³-hybridized carbons (Fsp3) is 0.917. The van der Waals surface area contributed by atoms with Crippen molar-refractivity contribution in [3.63, 3.8) is 0 Å². The highest BCUT2D eigenvalue weighted by Crippen LogP contribution is 2.28. The summed E-state index contributed by atoms with van der Waals surface area (Å²) in [5.74, 6) is 1.38. The molecule has 3 nitrogen and oxygen atoms in total. The van der Waals surface area contributed by atoms with Gasteiger partial charge in [-0.15, -0.1) is 0 Å². The van der Waals surface area contributed by atoms with Crippen molar-refractivity contribution in [3.8, 4) is 0 Å². The third kappa shape index (κ3) is 5.21. The number of carbonyl (C=O) groups is 1. The highest BCUT2D eigenvalue weighted by Gasteiger charge is 2.22. The topological polar surface area (TPSA) is 41.1 Å². The molecule has 0 aromatic carbocycles. The van der Waals surface area contributed by atoms with Crippen molar-refractivity contribution in [2.75, 3.05) is 19.3 Å². The third-order valence-electron chi connectivity index (χ3n) is 3.00. The Morgan fingerprint density at radius 3 is 2.94 bits per heavy atom. The van der Waals surface area contributed by atoms with Crippen molar-refractivity contribution in [1.29, 1.82) is 0 Å². The highest BCUT2D eigenvalue weighted by atomic mass is 32.2. The van der Waals surface area contributed by atoms with Gasteiger partial charge in [0.15, 0.2) is 0 Å². The molecule has 1 fully saturated rings. The van der Waals surface area contributed by atoms with Crippen molar-refractivity contribution < 1.29 is 4.79 Å². The minimum atomic E-state index is 0.196. The molecule has 2 N–H and O–H groups in total. The SMILES string of the molecule is CCSC1CCCC(NC(=O)CCNC)C1. The van der Waals surface area contributed by atoms with E-state index >= 15 is 0 Å². The van der Waals surface area contributed by atoms with E-state index in [2.05, 4.69) is 17.6 Å². The normalized spacial score (nSPS) is 25.4. The molecule has 1 aliphatic rings. The Kier molecular flexibility index (Phi) is 6.88. The Labute approximate surface area is 103 Å². The Morgan fingerprint density at radius 1 is 1.44 bits per heavy atom. The maximum absolute atomic E-state index is 11.6. The lowest BCUT2D eigenvalue weighted by atomic mass is 9.95. The Hall–Kier alpha value is -0.220. The van der Waals surface area contributed by atoms with Crippen molar-refractivity contribution in [3.05, 3.63) is 0 Å². The zero-order valence-electron chi connectivity index (χ0n) is 10.4. The summed E-state index contributed by atoms with van der Waals surface area (Å²) in [6, 6.07) is 0.419. The molecule has 2 unspecified atom stereocenters. The zero-order valence-corrected chi connectivity index (χ0v) is 11.2. The van der Waals surface area contributed by atoms with Gasteiger partial charge in [-0.25, -0.2) is 0 Å². The van der Waals surface area contributed by atoms with E-state index in [1.54, 1.807) is 0 Å². The molecule has 0 heterocycles. The van der Waals surface area contributed by atoms with E-state index in [-0.39, 0.29) is 5.91 Å². The number of hydrogen-bond donors (Lipinski definition) is 2. The Bertz CT molecular complexity index is 209. The number of rotatable bonds is 6. The van der Waals surface area contributed by atoms with Crippen LogP contribution in [-0.4, -0.2) is 36.5 Å². The van der Waals surface area contributed by atoms with Crippen LogP contribution >= 0.6 is 11.8 Å². The lowest BCUT2D eigenvalue weighted by Gasteiger charge is -2.29. The second kappa shape index (κ2) is 7.96. The summed E-state index contributed by atoms with van der Waals surface area (Å²) >= 11 is 2.04. The second-order valence-electron chi connectivity index (χ2n) is 4.36. The van der Waals surface area contributed by atoms with Crippen LogP contribution < -0.4 is 10.6 Å². The van der Waals surface area contributed by atoms with E-state index < -0.39 is 0 Å². The van der Waals surface area contributed by atoms with Gasteiger partial charge in [-0.3, -0.25) is 4.79 Å². The van der Waals surface area contributed by atoms with Gasteiger partial charge in [0, 0.05) is 24.3 Å². The van der Waals surface area contributed by atoms with E-state index in [9.17, 15) is 4.79 Å². The molecular formula is C12H24N2OS. The van der Waals surface area contributed by atoms with Gasteiger partial charge in [-0.1, -0.05) is 13.3 Å². The van der Waals surface area contributed by atoms with Crippen LogP contribution in [0, 0.1) is 0 Å². The van der Waals surface area contributed by atoms with Crippen molar-refractivity contribution in [2.45, 2.75) is 50.3 Å². The predicted octanol–water partition coefficient (Wildman–Crippen LogP) is 1.78. The Balaban J connectivity index is 2.22. The molecule has 4 heteroatoms. The molecule has 0 radical (unpaired) electrons. The van der Waals surface area contributed by atoms with Crippen LogP contribution in [0.4, 0.5) is 0 Å². The lowest BCUT2D eigenvalue weighted by molar-refractivity contribution is -0.121. The third-order valence-corrected chi connectivity index (χ3v) is 4.23. The highest BCUT2D eigenvalue weighted by molar-refractivity contribution is 7.99. The molecule has 0 aromatic rings. The molecule has 0 saturated heterocycles. The summed E-state index contributed by atoms with van der Waals surface area (Å²) < 4.78 is 0. The fourth-order valence-corrected chi connectivity index (χ4v) is 3.37. The number of nitrogens with one attached hydrogen (secondary N) is 2. The predicted molar refractivity (Wildman–Crippen MR) is 70.9 cm³/mol. The molecule has 0 spiro atoms. The molecule has 1 rings (SSSR count). The average molecular weight is 244 g/mol. The molecule has 16 heavy (non-hydrogen) atoms. The standard InChI is InChI=1S/C12H24N2OS/c1-3-16-11-6-4-5-10(9-11)14-12(15)7-8-13-2/h10-11,13H,3-9H2,1-2H3,(H,14,15). The van der Waals surface area contributed by atoms with Crippen LogP contribution in [0.15, 0.2) is 0 Å². The van der Waals surface area contributed by atoms with Crippen molar-refractivity contribution in [2.24, 2.45) is 0 Å². The van der Waals surface area contributed by atoms with Crippen LogP contribution in [0.25, 0.3) is 0 Å². The van der Waals surface area contributed by atoms with Gasteiger partial charge >= 0.3 is 0 Å². The minimum absolute atomic E-state index is 0.196. The van der Waals surface area contributed by atoms with Gasteiger partial charge in [0.05, 0.1) is 0 Å². The average Bonchev–Trinajstić information content (AvgIpc) is 2.27. The van der Waals surface area contributed by atoms with Gasteiger partial charge in [-0.2, -0.15) is 11.8 Å². The van der Waals surface area contributed by atoms with E-state index in [0.717, 1.165) is 24.6 Å². The monoisotopic (exact) mass is 244 g/mol. The van der Waals surface area contributed by atoms with Gasteiger partial charge in [0.1, 0.15) is 0 Å². The van der Waals surface area contributed by atoms with Crippen LogP contribution in [0.1, 0.15) is 39.0 Å². The largest absolute Gasteiger partial charge is 0.353 e. The van der Waals surface area contributed by atoms with E-state index in [1.165, 1.54) is 18.6 Å². The number of thioether (sulfide) groups is 1. The summed E-state index contributed by atoms with van der Waals surface area (Å²) in [5.41, 5.74) is 0. The maximum atomic E-state index is 11.6. The molecule has 1 amide bonds. The van der Waals surface area contributed by atoms with E-state index in [1.807, 2.05) is 18.8 Å². The smallest absolute Gasteiger partial charge is 0.221 e. The molecule has 0 bridgehead atoms. The molecule has 94 valence electrons. The number of amides is 1. The number of hydrogen-bond acceptors (Lipinski definition) is 3. The maximum Gasteiger partial charge on any atom is 0.221 e. The first-order valence-electron chi connectivity index (χ1n) is 6.31.